The van der Waals surface area contributed by atoms with Gasteiger partial charge in [0, 0.05) is 43.3 Å². The van der Waals surface area contributed by atoms with Gasteiger partial charge in [-0.1, -0.05) is 74.1 Å². The Morgan fingerprint density at radius 1 is 0.943 bits per heavy atom. The number of thioether (sulfide) groups is 2. The van der Waals surface area contributed by atoms with E-state index in [9.17, 15) is 14.4 Å². The van der Waals surface area contributed by atoms with E-state index < -0.39 is 6.04 Å². The van der Waals surface area contributed by atoms with Gasteiger partial charge in [0.1, 0.15) is 6.04 Å². The van der Waals surface area contributed by atoms with Gasteiger partial charge in [0.2, 0.25) is 5.91 Å². The average molecular weight is 516 g/mol. The Labute approximate surface area is 218 Å². The molecule has 0 saturated carbocycles. The van der Waals surface area contributed by atoms with Gasteiger partial charge in [-0.25, -0.2) is 4.79 Å². The molecule has 0 saturated heterocycles. The van der Waals surface area contributed by atoms with Crippen LogP contribution in [0, 0.1) is 5.92 Å². The molecule has 2 atom stereocenters. The number of carbonyl (C=O) groups excluding carboxylic acids is 3. The summed E-state index contributed by atoms with van der Waals surface area (Å²) in [6.45, 7) is 6.34. The third-order valence-electron chi connectivity index (χ3n) is 5.46. The van der Waals surface area contributed by atoms with Gasteiger partial charge >= 0.3 is 6.03 Å². The van der Waals surface area contributed by atoms with Crippen molar-refractivity contribution < 1.29 is 14.4 Å². The van der Waals surface area contributed by atoms with Crippen LogP contribution in [0.5, 0.6) is 0 Å². The molecule has 0 spiro atoms. The number of amides is 3. The molecule has 35 heavy (non-hydrogen) atoms. The topological polar surface area (TPSA) is 78.5 Å². The lowest BCUT2D eigenvalue weighted by molar-refractivity contribution is -0.122. The fraction of sp³-hybridized carbons (Fsp3) is 0.444. The monoisotopic (exact) mass is 515 g/mol. The molecule has 0 aliphatic rings. The summed E-state index contributed by atoms with van der Waals surface area (Å²) >= 11 is 2.90. The van der Waals surface area contributed by atoms with E-state index in [4.69, 9.17) is 0 Å². The molecular weight excluding hydrogens is 478 g/mol. The van der Waals surface area contributed by atoms with Crippen LogP contribution in [0.25, 0.3) is 0 Å². The van der Waals surface area contributed by atoms with E-state index in [0.29, 0.717) is 30.4 Å². The minimum absolute atomic E-state index is 0.0243. The zero-order valence-corrected chi connectivity index (χ0v) is 22.7. The number of likely N-dealkylation sites (N-methyl/N-ethyl adjacent to an activating group) is 1. The van der Waals surface area contributed by atoms with E-state index in [1.165, 1.54) is 11.8 Å². The van der Waals surface area contributed by atoms with Crippen molar-refractivity contribution in [2.75, 3.05) is 25.1 Å². The smallest absolute Gasteiger partial charge is 0.318 e. The zero-order chi connectivity index (χ0) is 25.6. The molecule has 0 aromatic heterocycles. The van der Waals surface area contributed by atoms with Crippen molar-refractivity contribution >= 4 is 40.6 Å². The molecular formula is C27H37N3O3S2. The quantitative estimate of drug-likeness (QED) is 0.373. The van der Waals surface area contributed by atoms with Crippen LogP contribution >= 0.6 is 23.5 Å². The highest BCUT2D eigenvalue weighted by atomic mass is 32.2. The largest absolute Gasteiger partial charge is 0.357 e. The van der Waals surface area contributed by atoms with Crippen LogP contribution in [0.3, 0.4) is 0 Å². The summed E-state index contributed by atoms with van der Waals surface area (Å²) in [7, 11) is 1.58. The molecule has 0 aliphatic carbocycles. The summed E-state index contributed by atoms with van der Waals surface area (Å²) in [5.74, 6) is 1.33. The predicted molar refractivity (Wildman–Crippen MR) is 147 cm³/mol. The van der Waals surface area contributed by atoms with Crippen LogP contribution in [0.4, 0.5) is 4.79 Å². The van der Waals surface area contributed by atoms with Crippen LogP contribution in [0.15, 0.2) is 65.6 Å². The maximum atomic E-state index is 13.6. The lowest BCUT2D eigenvalue weighted by Crippen LogP contribution is -2.55. The molecule has 0 fully saturated rings. The molecule has 0 aliphatic heterocycles. The van der Waals surface area contributed by atoms with E-state index in [1.54, 1.807) is 25.7 Å². The van der Waals surface area contributed by atoms with Crippen molar-refractivity contribution in [3.8, 4) is 0 Å². The molecule has 2 rings (SSSR count). The third kappa shape index (κ3) is 10.8. The maximum absolute atomic E-state index is 13.6. The third-order valence-corrected chi connectivity index (χ3v) is 7.57. The Morgan fingerprint density at radius 2 is 1.57 bits per heavy atom. The van der Waals surface area contributed by atoms with E-state index >= 15 is 0 Å². The second kappa shape index (κ2) is 15.5. The molecule has 190 valence electrons. The fourth-order valence-corrected chi connectivity index (χ4v) is 5.37. The Hall–Kier alpha value is -2.45. The first kappa shape index (κ1) is 28.8. The van der Waals surface area contributed by atoms with Crippen molar-refractivity contribution in [1.29, 1.82) is 0 Å². The normalized spacial score (nSPS) is 12.6. The van der Waals surface area contributed by atoms with Gasteiger partial charge < -0.3 is 15.5 Å². The van der Waals surface area contributed by atoms with Crippen LogP contribution in [-0.2, 0) is 16.0 Å². The van der Waals surface area contributed by atoms with Gasteiger partial charge in [-0.05, 0) is 30.0 Å². The van der Waals surface area contributed by atoms with Gasteiger partial charge in [0.05, 0.1) is 6.04 Å². The summed E-state index contributed by atoms with van der Waals surface area (Å²) in [6.07, 6.45) is 1.23. The molecule has 3 amide bonds. The zero-order valence-electron chi connectivity index (χ0n) is 21.0. The summed E-state index contributed by atoms with van der Waals surface area (Å²) in [4.78, 5) is 40.9. The van der Waals surface area contributed by atoms with Crippen molar-refractivity contribution in [3.63, 3.8) is 0 Å². The van der Waals surface area contributed by atoms with E-state index in [-0.39, 0.29) is 23.1 Å². The number of urea groups is 1. The van der Waals surface area contributed by atoms with Crippen LogP contribution in [0.1, 0.15) is 32.8 Å². The minimum atomic E-state index is -0.695. The Morgan fingerprint density at radius 3 is 2.14 bits per heavy atom. The van der Waals surface area contributed by atoms with Crippen molar-refractivity contribution in [2.24, 2.45) is 5.92 Å². The maximum Gasteiger partial charge on any atom is 0.318 e. The minimum Gasteiger partial charge on any atom is -0.357 e. The fourth-order valence-electron chi connectivity index (χ4n) is 3.46. The molecule has 6 nitrogen and oxygen atoms in total. The van der Waals surface area contributed by atoms with Crippen LogP contribution in [0.2, 0.25) is 0 Å². The van der Waals surface area contributed by atoms with Gasteiger partial charge in [0.25, 0.3) is 0 Å². The standard InChI is InChI=1S/C27H37N3O3S2/c1-20(2)15-16-30(23(18-34-21(3)31)19-35-24-13-9-6-10-14-24)27(33)29-25(26(32)28-4)17-22-11-7-5-8-12-22/h5-14,20,23,25H,15-19H2,1-4H3,(H,28,32)(H,29,33)/t23?,25-/m0/s1. The number of carbonyl (C=O) groups is 3. The molecule has 0 heterocycles. The van der Waals surface area contributed by atoms with E-state index in [2.05, 4.69) is 24.5 Å². The Balaban J connectivity index is 2.23. The first-order valence-corrected chi connectivity index (χ1v) is 13.9. The molecule has 1 unspecified atom stereocenters. The molecule has 0 radical (unpaired) electrons. The van der Waals surface area contributed by atoms with E-state index in [1.807, 2.05) is 65.6 Å². The highest BCUT2D eigenvalue weighted by Gasteiger charge is 2.28. The molecule has 2 aromatic rings. The van der Waals surface area contributed by atoms with Gasteiger partial charge in [-0.2, -0.15) is 0 Å². The van der Waals surface area contributed by atoms with Crippen molar-refractivity contribution in [3.05, 3.63) is 66.2 Å². The van der Waals surface area contributed by atoms with Gasteiger partial charge in [0.15, 0.2) is 5.12 Å². The predicted octanol–water partition coefficient (Wildman–Crippen LogP) is 4.84. The number of nitrogens with one attached hydrogen (secondary N) is 2. The number of hydrogen-bond donors (Lipinski definition) is 2. The second-order valence-electron chi connectivity index (χ2n) is 8.76. The molecule has 0 bridgehead atoms. The molecule has 8 heteroatoms. The average Bonchev–Trinajstić information content (AvgIpc) is 2.85. The first-order valence-electron chi connectivity index (χ1n) is 11.9. The summed E-state index contributed by atoms with van der Waals surface area (Å²) in [5, 5.41) is 5.67. The SMILES string of the molecule is CNC(=O)[C@H](Cc1ccccc1)NC(=O)N(CCC(C)C)C(CSC(C)=O)CSc1ccccc1. The highest BCUT2D eigenvalue weighted by molar-refractivity contribution is 8.13. The molecule has 2 aromatic carbocycles. The van der Waals surface area contributed by atoms with Gasteiger partial charge in [-0.3, -0.25) is 9.59 Å². The lowest BCUT2D eigenvalue weighted by atomic mass is 10.1. The second-order valence-corrected chi connectivity index (χ2v) is 11.1. The highest BCUT2D eigenvalue weighted by Crippen LogP contribution is 2.23. The Bertz CT molecular complexity index is 926. The van der Waals surface area contributed by atoms with Crippen molar-refractivity contribution in [2.45, 2.75) is 50.6 Å². The number of benzene rings is 2. The first-order chi connectivity index (χ1) is 16.8. The van der Waals surface area contributed by atoms with Crippen molar-refractivity contribution in [1.82, 2.24) is 15.5 Å². The Kier molecular flexibility index (Phi) is 12.8. The van der Waals surface area contributed by atoms with Crippen LogP contribution < -0.4 is 10.6 Å². The summed E-state index contributed by atoms with van der Waals surface area (Å²) in [5.41, 5.74) is 0.971. The number of rotatable bonds is 13. The lowest BCUT2D eigenvalue weighted by Gasteiger charge is -2.33. The van der Waals surface area contributed by atoms with Gasteiger partial charge in [-0.15, -0.1) is 11.8 Å². The van der Waals surface area contributed by atoms with Crippen LogP contribution in [-0.4, -0.2) is 59.1 Å². The molecule has 2 N–H and O–H groups in total. The summed E-state index contributed by atoms with van der Waals surface area (Å²) < 4.78 is 0. The number of nitrogens with zero attached hydrogens (tertiary/aromatic N) is 1. The number of hydrogen-bond acceptors (Lipinski definition) is 5. The summed E-state index contributed by atoms with van der Waals surface area (Å²) in [6, 6.07) is 18.5. The van der Waals surface area contributed by atoms with E-state index in [0.717, 1.165) is 16.9 Å².